The van der Waals surface area contributed by atoms with E-state index < -0.39 is 29.1 Å². The predicted octanol–water partition coefficient (Wildman–Crippen LogP) is 0.0910. The maximum Gasteiger partial charge on any atom is 0.342 e. The van der Waals surface area contributed by atoms with E-state index in [4.69, 9.17) is 32.6 Å². The molecule has 2 atom stereocenters. The lowest BCUT2D eigenvalue weighted by molar-refractivity contribution is -0.392. The second kappa shape index (κ2) is 11.6. The van der Waals surface area contributed by atoms with Gasteiger partial charge in [-0.05, 0) is 17.8 Å². The van der Waals surface area contributed by atoms with Crippen LogP contribution in [0, 0.1) is 17.0 Å². The Morgan fingerprint density at radius 1 is 1.28 bits per heavy atom. The minimum absolute atomic E-state index is 0.0465. The van der Waals surface area contributed by atoms with Crippen LogP contribution in [0.5, 0.6) is 0 Å². The van der Waals surface area contributed by atoms with Gasteiger partial charge >= 0.3 is 17.8 Å². The zero-order valence-electron chi connectivity index (χ0n) is 15.5. The minimum Gasteiger partial charge on any atom is -0.479 e. The van der Waals surface area contributed by atoms with Gasteiger partial charge in [-0.2, -0.15) is 0 Å². The minimum atomic E-state index is -2.27. The van der Waals surface area contributed by atoms with Gasteiger partial charge in [0.05, 0.1) is 0 Å². The van der Waals surface area contributed by atoms with Gasteiger partial charge in [0.1, 0.15) is 17.1 Å². The van der Waals surface area contributed by atoms with E-state index in [1.54, 1.807) is 23.3 Å². The number of aryl methyl sites for hydroxylation is 1. The summed E-state index contributed by atoms with van der Waals surface area (Å²) in [5.74, 6) is -2.10. The van der Waals surface area contributed by atoms with Crippen molar-refractivity contribution in [3.8, 4) is 0 Å². The molecule has 29 heavy (non-hydrogen) atoms. The monoisotopic (exact) mass is 450 g/mol. The number of hydrogen-bond donors (Lipinski definition) is 4. The molecule has 0 aliphatic carbocycles. The maximum absolute atomic E-state index is 10.8. The SMILES string of the molecule is Cc1ncc([N+](=O)[O-])n1CCSC(=S)N1CCCC1.O=C(O)[C@@H](O)[C@H](O)C(=O)O. The first-order valence-corrected chi connectivity index (χ1v) is 9.85. The highest BCUT2D eigenvalue weighted by molar-refractivity contribution is 8.22. The normalized spacial score (nSPS) is 15.2. The number of carbonyl (C=O) groups is 2. The number of nitro groups is 1. The first-order chi connectivity index (χ1) is 13.6. The van der Waals surface area contributed by atoms with Crippen LogP contribution in [0.25, 0.3) is 0 Å². The zero-order valence-corrected chi connectivity index (χ0v) is 17.1. The number of nitrogens with zero attached hydrogens (tertiary/aromatic N) is 4. The summed E-state index contributed by atoms with van der Waals surface area (Å²) < 4.78 is 2.53. The van der Waals surface area contributed by atoms with Crippen LogP contribution in [-0.2, 0) is 16.1 Å². The van der Waals surface area contributed by atoms with E-state index in [2.05, 4.69) is 9.88 Å². The third-order valence-corrected chi connectivity index (χ3v) is 5.43. The topological polar surface area (TPSA) is 179 Å². The number of likely N-dealkylation sites (tertiary alicyclic amines) is 1. The number of aromatic nitrogens is 2. The summed E-state index contributed by atoms with van der Waals surface area (Å²) in [7, 11) is 0. The molecule has 2 rings (SSSR count). The van der Waals surface area contributed by atoms with Crippen molar-refractivity contribution in [3.05, 3.63) is 22.1 Å². The van der Waals surface area contributed by atoms with Crippen LogP contribution < -0.4 is 0 Å². The molecule has 0 bridgehead atoms. The molecular weight excluding hydrogens is 428 g/mol. The Morgan fingerprint density at radius 2 is 1.79 bits per heavy atom. The summed E-state index contributed by atoms with van der Waals surface area (Å²) in [5, 5.41) is 43.4. The quantitative estimate of drug-likeness (QED) is 0.250. The van der Waals surface area contributed by atoms with Gasteiger partial charge in [0, 0.05) is 25.8 Å². The van der Waals surface area contributed by atoms with Gasteiger partial charge in [-0.3, -0.25) is 0 Å². The van der Waals surface area contributed by atoms with E-state index in [9.17, 15) is 19.7 Å². The first-order valence-electron chi connectivity index (χ1n) is 8.46. The highest BCUT2D eigenvalue weighted by Crippen LogP contribution is 2.19. The summed E-state index contributed by atoms with van der Waals surface area (Å²) in [4.78, 5) is 36.2. The van der Waals surface area contributed by atoms with E-state index in [1.165, 1.54) is 19.0 Å². The highest BCUT2D eigenvalue weighted by Gasteiger charge is 2.29. The molecule has 1 aromatic rings. The van der Waals surface area contributed by atoms with E-state index in [1.807, 2.05) is 0 Å². The molecule has 4 N–H and O–H groups in total. The Morgan fingerprint density at radius 3 is 2.24 bits per heavy atom. The number of thioether (sulfide) groups is 1. The molecule has 1 saturated heterocycles. The number of aliphatic carboxylic acids is 2. The second-order valence-electron chi connectivity index (χ2n) is 5.95. The highest BCUT2D eigenvalue weighted by atomic mass is 32.2. The van der Waals surface area contributed by atoms with Crippen LogP contribution in [0.1, 0.15) is 18.7 Å². The van der Waals surface area contributed by atoms with Gasteiger partial charge in [0.25, 0.3) is 0 Å². The van der Waals surface area contributed by atoms with Crippen molar-refractivity contribution in [2.24, 2.45) is 0 Å². The van der Waals surface area contributed by atoms with Crippen molar-refractivity contribution in [1.29, 1.82) is 0 Å². The van der Waals surface area contributed by atoms with Crippen molar-refractivity contribution in [2.75, 3.05) is 18.8 Å². The number of thiocarbonyl (C=S) groups is 1. The number of imidazole rings is 1. The summed E-state index contributed by atoms with van der Waals surface area (Å²) >= 11 is 6.94. The maximum atomic E-state index is 10.8. The lowest BCUT2D eigenvalue weighted by Gasteiger charge is -2.17. The van der Waals surface area contributed by atoms with Crippen molar-refractivity contribution in [3.63, 3.8) is 0 Å². The van der Waals surface area contributed by atoms with E-state index in [0.29, 0.717) is 12.4 Å². The van der Waals surface area contributed by atoms with E-state index in [0.717, 1.165) is 23.2 Å². The lowest BCUT2D eigenvalue weighted by atomic mass is 10.2. The molecule has 1 aromatic heterocycles. The van der Waals surface area contributed by atoms with Gasteiger partial charge in [-0.1, -0.05) is 24.0 Å². The molecule has 1 aliphatic rings. The average Bonchev–Trinajstić information content (AvgIpc) is 3.31. The Bertz CT molecular complexity index is 733. The summed E-state index contributed by atoms with van der Waals surface area (Å²) in [5.41, 5.74) is 0. The predicted molar refractivity (Wildman–Crippen MR) is 107 cm³/mol. The Balaban J connectivity index is 0.000000359. The van der Waals surface area contributed by atoms with Crippen molar-refractivity contribution < 1.29 is 34.9 Å². The molecule has 0 saturated carbocycles. The molecule has 162 valence electrons. The first kappa shape index (κ1) is 24.7. The second-order valence-corrected chi connectivity index (χ2v) is 7.68. The zero-order chi connectivity index (χ0) is 22.1. The van der Waals surface area contributed by atoms with Gasteiger partial charge in [0.15, 0.2) is 18.0 Å². The van der Waals surface area contributed by atoms with Crippen LogP contribution >= 0.6 is 24.0 Å². The van der Waals surface area contributed by atoms with Crippen molar-refractivity contribution in [2.45, 2.75) is 38.5 Å². The summed E-state index contributed by atoms with van der Waals surface area (Å²) in [6, 6.07) is 0. The third kappa shape index (κ3) is 7.56. The molecular formula is C15H22N4O8S2. The molecule has 2 heterocycles. The van der Waals surface area contributed by atoms with Gasteiger partial charge in [-0.15, -0.1) is 0 Å². The smallest absolute Gasteiger partial charge is 0.342 e. The van der Waals surface area contributed by atoms with Crippen LogP contribution in [0.4, 0.5) is 5.82 Å². The largest absolute Gasteiger partial charge is 0.479 e. The molecule has 1 fully saturated rings. The van der Waals surface area contributed by atoms with Gasteiger partial charge < -0.3 is 35.4 Å². The molecule has 12 nitrogen and oxygen atoms in total. The van der Waals surface area contributed by atoms with Gasteiger partial charge in [0.2, 0.25) is 0 Å². The van der Waals surface area contributed by atoms with Crippen molar-refractivity contribution >= 4 is 46.1 Å². The average molecular weight is 450 g/mol. The van der Waals surface area contributed by atoms with Crippen LogP contribution in [0.2, 0.25) is 0 Å². The standard InChI is InChI=1S/C11H16N4O2S2.C4H6O6/c1-9-12-8-10(15(16)17)14(9)6-7-19-11(18)13-4-2-3-5-13;5-1(3(7)8)2(6)4(9)10/h8H,2-7H2,1H3;1-2,5-6H,(H,7,8)(H,9,10)/t;1-,2-/m.0/s1. The van der Waals surface area contributed by atoms with Crippen molar-refractivity contribution in [1.82, 2.24) is 14.5 Å². The fraction of sp³-hybridized carbons (Fsp3) is 0.600. The van der Waals surface area contributed by atoms with Crippen LogP contribution in [-0.4, -0.2) is 87.1 Å². The number of aliphatic hydroxyl groups excluding tert-OH is 2. The third-order valence-electron chi connectivity index (χ3n) is 3.93. The number of carboxylic acids is 2. The fourth-order valence-electron chi connectivity index (χ4n) is 2.36. The molecule has 0 unspecified atom stereocenters. The Hall–Kier alpha value is -2.29. The lowest BCUT2D eigenvalue weighted by Crippen LogP contribution is -2.39. The Labute approximate surface area is 175 Å². The number of hydrogen-bond acceptors (Lipinski definition) is 9. The van der Waals surface area contributed by atoms with Crippen LogP contribution in [0.15, 0.2) is 6.20 Å². The number of aliphatic hydroxyl groups is 2. The van der Waals surface area contributed by atoms with Gasteiger partial charge in [-0.25, -0.2) is 19.1 Å². The molecule has 0 aromatic carbocycles. The Kier molecular flexibility index (Phi) is 9.94. The molecule has 14 heteroatoms. The number of rotatable bonds is 7. The molecule has 0 amide bonds. The summed E-state index contributed by atoms with van der Waals surface area (Å²) in [6.07, 6.45) is -0.826. The molecule has 0 radical (unpaired) electrons. The fourth-order valence-corrected chi connectivity index (χ4v) is 3.61. The molecule has 1 aliphatic heterocycles. The van der Waals surface area contributed by atoms with Crippen LogP contribution in [0.3, 0.4) is 0 Å². The number of carboxylic acid groups (broad SMARTS) is 2. The van der Waals surface area contributed by atoms with E-state index in [-0.39, 0.29) is 5.82 Å². The molecule has 0 spiro atoms. The summed E-state index contributed by atoms with van der Waals surface area (Å²) in [6.45, 7) is 4.41. The van der Waals surface area contributed by atoms with E-state index >= 15 is 0 Å².